The predicted molar refractivity (Wildman–Crippen MR) is 112 cm³/mol. The SMILES string of the molecule is O=C(COC(=O)/C=C/c1ccc(-c2ccccc2)s1)NNC(=O)c1ccccc1. The fourth-order valence-corrected chi connectivity index (χ4v) is 3.28. The van der Waals surface area contributed by atoms with E-state index in [1.807, 2.05) is 42.5 Å². The normalized spacial score (nSPS) is 10.5. The summed E-state index contributed by atoms with van der Waals surface area (Å²) in [6.07, 6.45) is 2.89. The Morgan fingerprint density at radius 1 is 0.862 bits per heavy atom. The molecule has 146 valence electrons. The van der Waals surface area contributed by atoms with Crippen LogP contribution < -0.4 is 10.9 Å². The first-order valence-electron chi connectivity index (χ1n) is 8.76. The van der Waals surface area contributed by atoms with Crippen LogP contribution in [0, 0.1) is 0 Å². The minimum atomic E-state index is -0.649. The Morgan fingerprint density at radius 2 is 1.55 bits per heavy atom. The first-order valence-corrected chi connectivity index (χ1v) is 9.58. The molecule has 2 N–H and O–H groups in total. The Balaban J connectivity index is 1.42. The molecule has 3 rings (SSSR count). The highest BCUT2D eigenvalue weighted by atomic mass is 32.1. The minimum absolute atomic E-state index is 0.401. The monoisotopic (exact) mass is 406 g/mol. The zero-order valence-corrected chi connectivity index (χ0v) is 16.1. The van der Waals surface area contributed by atoms with Crippen LogP contribution in [0.2, 0.25) is 0 Å². The van der Waals surface area contributed by atoms with Crippen LogP contribution in [0.4, 0.5) is 0 Å². The molecule has 0 saturated carbocycles. The summed E-state index contributed by atoms with van der Waals surface area (Å²) in [5.74, 6) is -1.75. The van der Waals surface area contributed by atoms with Crippen LogP contribution in [0.15, 0.2) is 78.9 Å². The molecule has 0 aliphatic rings. The van der Waals surface area contributed by atoms with Crippen molar-refractivity contribution in [2.75, 3.05) is 6.61 Å². The van der Waals surface area contributed by atoms with Gasteiger partial charge in [0.05, 0.1) is 0 Å². The molecule has 1 aromatic heterocycles. The smallest absolute Gasteiger partial charge is 0.331 e. The molecule has 3 aromatic rings. The van der Waals surface area contributed by atoms with Crippen LogP contribution in [-0.4, -0.2) is 24.4 Å². The highest BCUT2D eigenvalue weighted by Crippen LogP contribution is 2.28. The van der Waals surface area contributed by atoms with Crippen molar-refractivity contribution in [2.45, 2.75) is 0 Å². The second-order valence-corrected chi connectivity index (χ2v) is 6.99. The lowest BCUT2D eigenvalue weighted by molar-refractivity contribution is -0.144. The maximum atomic E-state index is 11.8. The molecule has 7 heteroatoms. The van der Waals surface area contributed by atoms with E-state index in [2.05, 4.69) is 10.9 Å². The molecule has 0 atom stereocenters. The van der Waals surface area contributed by atoms with Crippen molar-refractivity contribution in [1.29, 1.82) is 0 Å². The van der Waals surface area contributed by atoms with E-state index in [0.717, 1.165) is 15.3 Å². The van der Waals surface area contributed by atoms with Crippen molar-refractivity contribution in [3.05, 3.63) is 89.3 Å². The molecule has 0 unspecified atom stereocenters. The van der Waals surface area contributed by atoms with Gasteiger partial charge in [0.15, 0.2) is 6.61 Å². The van der Waals surface area contributed by atoms with Crippen LogP contribution >= 0.6 is 11.3 Å². The lowest BCUT2D eigenvalue weighted by atomic mass is 10.2. The van der Waals surface area contributed by atoms with E-state index in [9.17, 15) is 14.4 Å². The third-order valence-corrected chi connectivity index (χ3v) is 4.87. The van der Waals surface area contributed by atoms with Gasteiger partial charge in [-0.25, -0.2) is 4.79 Å². The molecule has 29 heavy (non-hydrogen) atoms. The molecular formula is C22H18N2O4S. The zero-order chi connectivity index (χ0) is 20.5. The van der Waals surface area contributed by atoms with Gasteiger partial charge >= 0.3 is 5.97 Å². The third-order valence-electron chi connectivity index (χ3n) is 3.77. The van der Waals surface area contributed by atoms with Gasteiger partial charge in [-0.2, -0.15) is 0 Å². The second-order valence-electron chi connectivity index (χ2n) is 5.88. The van der Waals surface area contributed by atoms with E-state index in [1.165, 1.54) is 6.08 Å². The molecule has 0 bridgehead atoms. The molecule has 0 fully saturated rings. The van der Waals surface area contributed by atoms with Crippen molar-refractivity contribution < 1.29 is 19.1 Å². The summed E-state index contributed by atoms with van der Waals surface area (Å²) in [7, 11) is 0. The van der Waals surface area contributed by atoms with E-state index >= 15 is 0 Å². The number of hydrazine groups is 1. The first kappa shape index (κ1) is 20.0. The number of carbonyl (C=O) groups excluding carboxylic acids is 3. The Kier molecular flexibility index (Phi) is 6.91. The first-order chi connectivity index (χ1) is 14.1. The van der Waals surface area contributed by atoms with Crippen molar-refractivity contribution in [2.24, 2.45) is 0 Å². The quantitative estimate of drug-likeness (QED) is 0.373. The third kappa shape index (κ3) is 6.15. The Bertz CT molecular complexity index is 1010. The van der Waals surface area contributed by atoms with Gasteiger partial charge in [-0.3, -0.25) is 20.4 Å². The molecule has 0 saturated heterocycles. The largest absolute Gasteiger partial charge is 0.452 e. The number of esters is 1. The van der Waals surface area contributed by atoms with E-state index in [0.29, 0.717) is 5.56 Å². The fourth-order valence-electron chi connectivity index (χ4n) is 2.36. The average molecular weight is 406 g/mol. The summed E-state index contributed by atoms with van der Waals surface area (Å²) in [4.78, 5) is 37.3. The number of nitrogens with one attached hydrogen (secondary N) is 2. The van der Waals surface area contributed by atoms with Crippen LogP contribution in [0.3, 0.4) is 0 Å². The molecule has 0 aliphatic heterocycles. The lowest BCUT2D eigenvalue weighted by Gasteiger charge is -2.07. The highest BCUT2D eigenvalue weighted by Gasteiger charge is 2.08. The zero-order valence-electron chi connectivity index (χ0n) is 15.3. The molecule has 0 spiro atoms. The summed E-state index contributed by atoms with van der Waals surface area (Å²) in [5.41, 5.74) is 5.95. The molecule has 2 aromatic carbocycles. The van der Waals surface area contributed by atoms with E-state index in [1.54, 1.807) is 47.7 Å². The molecule has 0 aliphatic carbocycles. The molecule has 2 amide bonds. The van der Waals surface area contributed by atoms with Gasteiger partial charge in [-0.15, -0.1) is 11.3 Å². The number of carbonyl (C=O) groups is 3. The van der Waals surface area contributed by atoms with Crippen LogP contribution in [-0.2, 0) is 14.3 Å². The van der Waals surface area contributed by atoms with Crippen LogP contribution in [0.5, 0.6) is 0 Å². The molecular weight excluding hydrogens is 388 g/mol. The number of amides is 2. The second kappa shape index (κ2) is 10.0. The van der Waals surface area contributed by atoms with Crippen molar-refractivity contribution in [1.82, 2.24) is 10.9 Å². The molecule has 1 heterocycles. The number of benzene rings is 2. The number of thiophene rings is 1. The topological polar surface area (TPSA) is 84.5 Å². The maximum Gasteiger partial charge on any atom is 0.331 e. The number of ether oxygens (including phenoxy) is 1. The van der Waals surface area contributed by atoms with Crippen molar-refractivity contribution in [3.63, 3.8) is 0 Å². The number of hydrogen-bond donors (Lipinski definition) is 2. The minimum Gasteiger partial charge on any atom is -0.452 e. The van der Waals surface area contributed by atoms with Crippen LogP contribution in [0.25, 0.3) is 16.5 Å². The Hall–Kier alpha value is -3.71. The van der Waals surface area contributed by atoms with Gasteiger partial charge < -0.3 is 4.74 Å². The molecule has 6 nitrogen and oxygen atoms in total. The van der Waals surface area contributed by atoms with Gasteiger partial charge in [0.1, 0.15) is 0 Å². The Morgan fingerprint density at radius 3 is 2.28 bits per heavy atom. The van der Waals surface area contributed by atoms with E-state index < -0.39 is 24.4 Å². The molecule has 0 radical (unpaired) electrons. The summed E-state index contributed by atoms with van der Waals surface area (Å²) in [5, 5.41) is 0. The summed E-state index contributed by atoms with van der Waals surface area (Å²) in [6.45, 7) is -0.502. The Labute approximate surface area is 171 Å². The summed E-state index contributed by atoms with van der Waals surface area (Å²) >= 11 is 1.54. The summed E-state index contributed by atoms with van der Waals surface area (Å²) < 4.78 is 4.87. The average Bonchev–Trinajstić information content (AvgIpc) is 3.25. The van der Waals surface area contributed by atoms with Gasteiger partial charge in [-0.05, 0) is 35.9 Å². The maximum absolute atomic E-state index is 11.8. The highest BCUT2D eigenvalue weighted by molar-refractivity contribution is 7.16. The van der Waals surface area contributed by atoms with E-state index in [4.69, 9.17) is 4.74 Å². The van der Waals surface area contributed by atoms with Gasteiger partial charge in [0.25, 0.3) is 11.8 Å². The van der Waals surface area contributed by atoms with Crippen LogP contribution in [0.1, 0.15) is 15.2 Å². The van der Waals surface area contributed by atoms with Crippen molar-refractivity contribution in [3.8, 4) is 10.4 Å². The fraction of sp³-hybridized carbons (Fsp3) is 0.0455. The van der Waals surface area contributed by atoms with E-state index in [-0.39, 0.29) is 0 Å². The standard InChI is InChI=1S/C22H18N2O4S/c25-20(23-24-22(27)17-9-5-2-6-10-17)15-28-21(26)14-12-18-11-13-19(29-18)16-7-3-1-4-8-16/h1-14H,15H2,(H,23,25)(H,24,27)/b14-12+. The van der Waals surface area contributed by atoms with Gasteiger partial charge in [0.2, 0.25) is 0 Å². The van der Waals surface area contributed by atoms with Crippen molar-refractivity contribution >= 4 is 35.2 Å². The number of rotatable bonds is 6. The van der Waals surface area contributed by atoms with Gasteiger partial charge in [-0.1, -0.05) is 48.5 Å². The summed E-state index contributed by atoms with van der Waals surface area (Å²) in [6, 6.07) is 22.2. The predicted octanol–water partition coefficient (Wildman–Crippen LogP) is 3.43. The van der Waals surface area contributed by atoms with Gasteiger partial charge in [0, 0.05) is 21.4 Å². The lowest BCUT2D eigenvalue weighted by Crippen LogP contribution is -2.43. The number of hydrogen-bond acceptors (Lipinski definition) is 5.